The van der Waals surface area contributed by atoms with E-state index in [1.807, 2.05) is 0 Å². The lowest BCUT2D eigenvalue weighted by Crippen LogP contribution is -2.23. The Labute approximate surface area is 154 Å². The van der Waals surface area contributed by atoms with Crippen molar-refractivity contribution >= 4 is 17.7 Å². The SMILES string of the molecule is COC(=O)Nc1ccc(CNC(=O)c2cn[nH]c2-c2ccc(F)cc2)cc1. The Morgan fingerprint density at radius 2 is 1.81 bits per heavy atom. The maximum atomic E-state index is 13.1. The van der Waals surface area contributed by atoms with Gasteiger partial charge in [-0.15, -0.1) is 0 Å². The molecule has 3 aromatic rings. The number of carbonyl (C=O) groups excluding carboxylic acids is 2. The summed E-state index contributed by atoms with van der Waals surface area (Å²) in [5.41, 5.74) is 2.99. The third-order valence-electron chi connectivity index (χ3n) is 3.86. The number of carbonyl (C=O) groups is 2. The Morgan fingerprint density at radius 1 is 1.11 bits per heavy atom. The highest BCUT2D eigenvalue weighted by Gasteiger charge is 2.15. The summed E-state index contributed by atoms with van der Waals surface area (Å²) in [6.07, 6.45) is 0.876. The highest BCUT2D eigenvalue weighted by Crippen LogP contribution is 2.21. The average Bonchev–Trinajstić information content (AvgIpc) is 3.17. The lowest BCUT2D eigenvalue weighted by Gasteiger charge is -2.08. The van der Waals surface area contributed by atoms with Crippen molar-refractivity contribution in [2.75, 3.05) is 12.4 Å². The maximum absolute atomic E-state index is 13.1. The van der Waals surface area contributed by atoms with Crippen molar-refractivity contribution in [3.8, 4) is 11.3 Å². The zero-order valence-electron chi connectivity index (χ0n) is 14.5. The molecule has 27 heavy (non-hydrogen) atoms. The summed E-state index contributed by atoms with van der Waals surface area (Å²) >= 11 is 0. The first-order valence-corrected chi connectivity index (χ1v) is 8.08. The second kappa shape index (κ2) is 8.13. The second-order valence-corrected chi connectivity index (χ2v) is 5.66. The van der Waals surface area contributed by atoms with Gasteiger partial charge in [-0.25, -0.2) is 9.18 Å². The van der Waals surface area contributed by atoms with Crippen LogP contribution in [0, 0.1) is 5.82 Å². The minimum Gasteiger partial charge on any atom is -0.453 e. The molecule has 138 valence electrons. The van der Waals surface area contributed by atoms with E-state index in [4.69, 9.17) is 0 Å². The van der Waals surface area contributed by atoms with Gasteiger partial charge in [0, 0.05) is 17.8 Å². The van der Waals surface area contributed by atoms with Gasteiger partial charge >= 0.3 is 6.09 Å². The standard InChI is InChI=1S/C19H17FN4O3/c1-27-19(26)23-15-8-2-12(3-9-15)10-21-18(25)16-11-22-24-17(16)13-4-6-14(20)7-5-13/h2-9,11H,10H2,1H3,(H,21,25)(H,22,24)(H,23,26). The van der Waals surface area contributed by atoms with Gasteiger partial charge in [0.1, 0.15) is 5.82 Å². The van der Waals surface area contributed by atoms with Crippen LogP contribution in [-0.4, -0.2) is 29.3 Å². The maximum Gasteiger partial charge on any atom is 0.411 e. The molecule has 0 aliphatic heterocycles. The zero-order chi connectivity index (χ0) is 19.2. The van der Waals surface area contributed by atoms with E-state index in [0.29, 0.717) is 29.1 Å². The topological polar surface area (TPSA) is 96.1 Å². The molecule has 2 aromatic carbocycles. The van der Waals surface area contributed by atoms with E-state index in [1.165, 1.54) is 25.4 Å². The summed E-state index contributed by atoms with van der Waals surface area (Å²) in [6, 6.07) is 12.8. The van der Waals surface area contributed by atoms with Crippen molar-refractivity contribution in [2.24, 2.45) is 0 Å². The molecule has 0 radical (unpaired) electrons. The molecule has 2 amide bonds. The number of anilines is 1. The molecule has 0 aliphatic carbocycles. The van der Waals surface area contributed by atoms with Crippen LogP contribution in [0.1, 0.15) is 15.9 Å². The molecule has 0 unspecified atom stereocenters. The third-order valence-corrected chi connectivity index (χ3v) is 3.86. The predicted octanol–water partition coefficient (Wildman–Crippen LogP) is 3.32. The molecule has 3 N–H and O–H groups in total. The Bertz CT molecular complexity index is 936. The first-order valence-electron chi connectivity index (χ1n) is 8.08. The molecular formula is C19H17FN4O3. The molecule has 8 heteroatoms. The van der Waals surface area contributed by atoms with Crippen LogP contribution in [0.3, 0.4) is 0 Å². The van der Waals surface area contributed by atoms with Crippen LogP contribution in [0.15, 0.2) is 54.7 Å². The number of aromatic amines is 1. The van der Waals surface area contributed by atoms with E-state index in [0.717, 1.165) is 5.56 Å². The number of aromatic nitrogens is 2. The largest absolute Gasteiger partial charge is 0.453 e. The summed E-state index contributed by atoms with van der Waals surface area (Å²) in [5, 5.41) is 12.0. The number of nitrogens with zero attached hydrogens (tertiary/aromatic N) is 1. The van der Waals surface area contributed by atoms with Crippen molar-refractivity contribution in [1.29, 1.82) is 0 Å². The van der Waals surface area contributed by atoms with Gasteiger partial charge in [-0.3, -0.25) is 15.2 Å². The van der Waals surface area contributed by atoms with Crippen molar-refractivity contribution in [3.63, 3.8) is 0 Å². The van der Waals surface area contributed by atoms with Crippen molar-refractivity contribution < 1.29 is 18.7 Å². The molecule has 1 heterocycles. The first-order chi connectivity index (χ1) is 13.1. The second-order valence-electron chi connectivity index (χ2n) is 5.66. The van der Waals surface area contributed by atoms with Gasteiger partial charge < -0.3 is 10.1 Å². The minimum atomic E-state index is -0.552. The molecule has 0 bridgehead atoms. The van der Waals surface area contributed by atoms with Gasteiger partial charge in [-0.1, -0.05) is 12.1 Å². The highest BCUT2D eigenvalue weighted by atomic mass is 19.1. The fourth-order valence-electron chi connectivity index (χ4n) is 2.45. The number of benzene rings is 2. The number of methoxy groups -OCH3 is 1. The van der Waals surface area contributed by atoms with Crippen molar-refractivity contribution in [1.82, 2.24) is 15.5 Å². The number of nitrogens with one attached hydrogen (secondary N) is 3. The monoisotopic (exact) mass is 368 g/mol. The lowest BCUT2D eigenvalue weighted by atomic mass is 10.1. The normalized spacial score (nSPS) is 10.3. The molecular weight excluding hydrogens is 351 g/mol. The van der Waals surface area contributed by atoms with E-state index in [1.54, 1.807) is 36.4 Å². The number of hydrogen-bond donors (Lipinski definition) is 3. The van der Waals surface area contributed by atoms with E-state index in [2.05, 4.69) is 25.6 Å². The lowest BCUT2D eigenvalue weighted by molar-refractivity contribution is 0.0951. The summed E-state index contributed by atoms with van der Waals surface area (Å²) in [5.74, 6) is -0.658. The molecule has 3 rings (SSSR count). The van der Waals surface area contributed by atoms with Crippen LogP contribution in [0.25, 0.3) is 11.3 Å². The van der Waals surface area contributed by atoms with E-state index in [-0.39, 0.29) is 11.7 Å². The molecule has 7 nitrogen and oxygen atoms in total. The Morgan fingerprint density at radius 3 is 2.48 bits per heavy atom. The average molecular weight is 368 g/mol. The predicted molar refractivity (Wildman–Crippen MR) is 97.6 cm³/mol. The highest BCUT2D eigenvalue weighted by molar-refractivity contribution is 5.99. The number of H-pyrrole nitrogens is 1. The van der Waals surface area contributed by atoms with Gasteiger partial charge in [0.15, 0.2) is 0 Å². The number of hydrogen-bond acceptors (Lipinski definition) is 4. The third kappa shape index (κ3) is 4.49. The Kier molecular flexibility index (Phi) is 5.46. The smallest absolute Gasteiger partial charge is 0.411 e. The van der Waals surface area contributed by atoms with E-state index >= 15 is 0 Å². The summed E-state index contributed by atoms with van der Waals surface area (Å²) in [4.78, 5) is 23.6. The van der Waals surface area contributed by atoms with Crippen LogP contribution in [0.2, 0.25) is 0 Å². The zero-order valence-corrected chi connectivity index (χ0v) is 14.5. The van der Waals surface area contributed by atoms with Gasteiger partial charge in [0.05, 0.1) is 24.6 Å². The summed E-state index contributed by atoms with van der Waals surface area (Å²) < 4.78 is 17.6. The van der Waals surface area contributed by atoms with E-state index < -0.39 is 6.09 Å². The fraction of sp³-hybridized carbons (Fsp3) is 0.105. The summed E-state index contributed by atoms with van der Waals surface area (Å²) in [7, 11) is 1.29. The molecule has 0 aliphatic rings. The molecule has 0 saturated heterocycles. The van der Waals surface area contributed by atoms with Crippen LogP contribution in [-0.2, 0) is 11.3 Å². The first kappa shape index (κ1) is 18.1. The minimum absolute atomic E-state index is 0.297. The van der Waals surface area contributed by atoms with Crippen LogP contribution in [0.4, 0.5) is 14.9 Å². The van der Waals surface area contributed by atoms with Gasteiger partial charge in [0.25, 0.3) is 5.91 Å². The number of ether oxygens (including phenoxy) is 1. The van der Waals surface area contributed by atoms with Gasteiger partial charge in [-0.05, 0) is 42.0 Å². The van der Waals surface area contributed by atoms with Crippen molar-refractivity contribution in [3.05, 3.63) is 71.7 Å². The van der Waals surface area contributed by atoms with Gasteiger partial charge in [-0.2, -0.15) is 5.10 Å². The summed E-state index contributed by atoms with van der Waals surface area (Å²) in [6.45, 7) is 0.297. The molecule has 0 spiro atoms. The number of rotatable bonds is 5. The quantitative estimate of drug-likeness (QED) is 0.644. The number of halogens is 1. The Balaban J connectivity index is 1.64. The fourth-order valence-corrected chi connectivity index (χ4v) is 2.45. The number of amides is 2. The molecule has 0 saturated carbocycles. The van der Waals surface area contributed by atoms with Crippen LogP contribution < -0.4 is 10.6 Å². The van der Waals surface area contributed by atoms with Gasteiger partial charge in [0.2, 0.25) is 0 Å². The molecule has 0 fully saturated rings. The van der Waals surface area contributed by atoms with Crippen LogP contribution >= 0.6 is 0 Å². The Hall–Kier alpha value is -3.68. The van der Waals surface area contributed by atoms with E-state index in [9.17, 15) is 14.0 Å². The molecule has 0 atom stereocenters. The van der Waals surface area contributed by atoms with Crippen molar-refractivity contribution in [2.45, 2.75) is 6.54 Å². The molecule has 1 aromatic heterocycles. The van der Waals surface area contributed by atoms with Crippen LogP contribution in [0.5, 0.6) is 0 Å².